The van der Waals surface area contributed by atoms with Crippen LogP contribution in [0.4, 0.5) is 16.2 Å². The fourth-order valence-corrected chi connectivity index (χ4v) is 5.90. The molecule has 39 heavy (non-hydrogen) atoms. The Morgan fingerprint density at radius 3 is 2.46 bits per heavy atom. The van der Waals surface area contributed by atoms with Crippen molar-refractivity contribution in [3.63, 3.8) is 0 Å². The number of methoxy groups -OCH3 is 1. The molecular formula is C29H31N3O6S. The summed E-state index contributed by atoms with van der Waals surface area (Å²) in [6.45, 7) is 2.50. The van der Waals surface area contributed by atoms with Crippen LogP contribution >= 0.6 is 0 Å². The van der Waals surface area contributed by atoms with Gasteiger partial charge in [0.15, 0.2) is 4.90 Å². The highest BCUT2D eigenvalue weighted by Crippen LogP contribution is 2.28. The zero-order valence-electron chi connectivity index (χ0n) is 21.8. The van der Waals surface area contributed by atoms with Gasteiger partial charge in [0.1, 0.15) is 11.5 Å². The van der Waals surface area contributed by atoms with Crippen LogP contribution < -0.4 is 15.4 Å². The Morgan fingerprint density at radius 1 is 1.05 bits per heavy atom. The number of amides is 3. The fourth-order valence-electron chi connectivity index (χ4n) is 4.57. The van der Waals surface area contributed by atoms with Gasteiger partial charge in [-0.3, -0.25) is 4.79 Å². The second-order valence-electron chi connectivity index (χ2n) is 9.33. The highest BCUT2D eigenvalue weighted by atomic mass is 32.2. The quantitative estimate of drug-likeness (QED) is 0.332. The van der Waals surface area contributed by atoms with E-state index in [0.717, 1.165) is 24.0 Å². The average Bonchev–Trinajstić information content (AvgIpc) is 3.39. The average molecular weight is 550 g/mol. The van der Waals surface area contributed by atoms with Crippen LogP contribution in [0.2, 0.25) is 0 Å². The van der Waals surface area contributed by atoms with E-state index in [0.29, 0.717) is 34.3 Å². The highest BCUT2D eigenvalue weighted by molar-refractivity contribution is 7.91. The Labute approximate surface area is 230 Å². The molecule has 9 nitrogen and oxygen atoms in total. The summed E-state index contributed by atoms with van der Waals surface area (Å²) >= 11 is -1.36. The van der Waals surface area contributed by atoms with Crippen molar-refractivity contribution in [1.29, 1.82) is 0 Å². The van der Waals surface area contributed by atoms with Crippen LogP contribution in [0.25, 0.3) is 0 Å². The molecule has 1 saturated heterocycles. The van der Waals surface area contributed by atoms with Crippen LogP contribution in [0.3, 0.4) is 0 Å². The molecule has 0 radical (unpaired) electrons. The molecule has 0 aliphatic carbocycles. The van der Waals surface area contributed by atoms with Crippen LogP contribution in [-0.4, -0.2) is 57.9 Å². The molecular weight excluding hydrogens is 518 g/mol. The second-order valence-corrected chi connectivity index (χ2v) is 10.8. The summed E-state index contributed by atoms with van der Waals surface area (Å²) in [6, 6.07) is 18.1. The largest absolute Gasteiger partial charge is 0.611 e. The normalized spacial score (nSPS) is 15.5. The molecule has 1 aliphatic rings. The maximum absolute atomic E-state index is 13.2. The predicted octanol–water partition coefficient (Wildman–Crippen LogP) is 4.69. The van der Waals surface area contributed by atoms with Crippen molar-refractivity contribution < 1.29 is 28.8 Å². The molecule has 204 valence electrons. The number of likely N-dealkylation sites (tertiary alicyclic amines) is 1. The number of hydrogen-bond acceptors (Lipinski definition) is 5. The topological polar surface area (TPSA) is 131 Å². The van der Waals surface area contributed by atoms with Crippen LogP contribution in [0, 0.1) is 6.92 Å². The first-order valence-electron chi connectivity index (χ1n) is 12.6. The molecule has 3 aromatic carbocycles. The van der Waals surface area contributed by atoms with Gasteiger partial charge in [-0.1, -0.05) is 24.3 Å². The van der Waals surface area contributed by atoms with Gasteiger partial charge in [-0.05, 0) is 84.5 Å². The van der Waals surface area contributed by atoms with Crippen LogP contribution in [0.15, 0.2) is 71.6 Å². The zero-order valence-corrected chi connectivity index (χ0v) is 22.6. The van der Waals surface area contributed by atoms with E-state index < -0.39 is 23.2 Å². The highest BCUT2D eigenvalue weighted by Gasteiger charge is 2.33. The Hall–Kier alpha value is -4.02. The summed E-state index contributed by atoms with van der Waals surface area (Å²) in [7, 11) is 1.50. The van der Waals surface area contributed by atoms with Gasteiger partial charge in [0.05, 0.1) is 30.8 Å². The summed E-state index contributed by atoms with van der Waals surface area (Å²) in [6.07, 6.45) is 1.73. The number of rotatable bonds is 9. The van der Waals surface area contributed by atoms with Gasteiger partial charge in [-0.25, -0.2) is 9.59 Å². The Bertz CT molecular complexity index is 1350. The smallest absolute Gasteiger partial charge is 0.335 e. The SMILES string of the molecule is COc1cc(CC(=O)N2CCC[C@H]2C[S+]([O-])c2ccc(C(=O)O)cc2)ccc1NC(=O)Nc1ccccc1C. The van der Waals surface area contributed by atoms with Crippen molar-refractivity contribution in [2.75, 3.05) is 30.0 Å². The Kier molecular flexibility index (Phi) is 9.11. The lowest BCUT2D eigenvalue weighted by atomic mass is 10.1. The third kappa shape index (κ3) is 7.10. The fraction of sp³-hybridized carbons (Fsp3) is 0.276. The number of aryl methyl sites for hydroxylation is 1. The lowest BCUT2D eigenvalue weighted by Gasteiger charge is -2.25. The number of nitrogens with one attached hydrogen (secondary N) is 2. The summed E-state index contributed by atoms with van der Waals surface area (Å²) in [5.74, 6) is -0.383. The van der Waals surface area contributed by atoms with E-state index in [1.165, 1.54) is 19.2 Å². The first-order valence-corrected chi connectivity index (χ1v) is 13.9. The molecule has 1 heterocycles. The molecule has 1 aliphatic heterocycles. The number of urea groups is 1. The van der Waals surface area contributed by atoms with Gasteiger partial charge in [0, 0.05) is 12.2 Å². The number of carbonyl (C=O) groups is 3. The number of carbonyl (C=O) groups excluding carboxylic acids is 2. The van der Waals surface area contributed by atoms with Gasteiger partial charge < -0.3 is 29.9 Å². The van der Waals surface area contributed by atoms with E-state index in [4.69, 9.17) is 9.84 Å². The molecule has 0 saturated carbocycles. The van der Waals surface area contributed by atoms with Crippen molar-refractivity contribution in [3.8, 4) is 5.75 Å². The molecule has 0 spiro atoms. The third-order valence-corrected chi connectivity index (χ3v) is 8.15. The Balaban J connectivity index is 1.37. The molecule has 2 atom stereocenters. The summed E-state index contributed by atoms with van der Waals surface area (Å²) in [5.41, 5.74) is 2.99. The van der Waals surface area contributed by atoms with Gasteiger partial charge >= 0.3 is 12.0 Å². The molecule has 4 rings (SSSR count). The molecule has 3 aromatic rings. The van der Waals surface area contributed by atoms with Crippen LogP contribution in [0.5, 0.6) is 5.75 Å². The lowest BCUT2D eigenvalue weighted by molar-refractivity contribution is -0.130. The van der Waals surface area contributed by atoms with E-state index in [1.807, 2.05) is 31.2 Å². The lowest BCUT2D eigenvalue weighted by Crippen LogP contribution is -2.40. The maximum Gasteiger partial charge on any atom is 0.335 e. The molecule has 0 aromatic heterocycles. The van der Waals surface area contributed by atoms with Crippen molar-refractivity contribution in [2.24, 2.45) is 0 Å². The summed E-state index contributed by atoms with van der Waals surface area (Å²) in [4.78, 5) is 39.1. The van der Waals surface area contributed by atoms with Gasteiger partial charge in [-0.2, -0.15) is 0 Å². The number of hydrogen-bond donors (Lipinski definition) is 3. The Morgan fingerprint density at radius 2 is 1.77 bits per heavy atom. The van der Waals surface area contributed by atoms with E-state index >= 15 is 0 Å². The minimum Gasteiger partial charge on any atom is -0.611 e. The number of benzene rings is 3. The second kappa shape index (κ2) is 12.7. The minimum absolute atomic E-state index is 0.0733. The molecule has 1 unspecified atom stereocenters. The minimum atomic E-state index is -1.36. The zero-order chi connectivity index (χ0) is 27.9. The predicted molar refractivity (Wildman–Crippen MR) is 150 cm³/mol. The number of carboxylic acids is 1. The summed E-state index contributed by atoms with van der Waals surface area (Å²) in [5, 5.41) is 14.7. The van der Waals surface area contributed by atoms with Crippen LogP contribution in [-0.2, 0) is 22.4 Å². The van der Waals surface area contributed by atoms with Crippen molar-refractivity contribution >= 4 is 40.5 Å². The van der Waals surface area contributed by atoms with Gasteiger partial charge in [0.25, 0.3) is 0 Å². The van der Waals surface area contributed by atoms with Crippen molar-refractivity contribution in [2.45, 2.75) is 37.1 Å². The van der Waals surface area contributed by atoms with E-state index in [-0.39, 0.29) is 23.9 Å². The number of ether oxygens (including phenoxy) is 1. The molecule has 3 amide bonds. The van der Waals surface area contributed by atoms with Crippen molar-refractivity contribution in [3.05, 3.63) is 83.4 Å². The van der Waals surface area contributed by atoms with E-state index in [1.54, 1.807) is 35.2 Å². The monoisotopic (exact) mass is 549 g/mol. The summed E-state index contributed by atoms with van der Waals surface area (Å²) < 4.78 is 18.4. The number of anilines is 2. The van der Waals surface area contributed by atoms with Gasteiger partial charge in [-0.15, -0.1) is 0 Å². The number of nitrogens with zero attached hydrogens (tertiary/aromatic N) is 1. The maximum atomic E-state index is 13.2. The van der Waals surface area contributed by atoms with E-state index in [2.05, 4.69) is 10.6 Å². The molecule has 10 heteroatoms. The number of para-hydroxylation sites is 1. The third-order valence-electron chi connectivity index (χ3n) is 6.67. The number of aromatic carboxylic acids is 1. The number of carboxylic acid groups (broad SMARTS) is 1. The van der Waals surface area contributed by atoms with E-state index in [9.17, 15) is 18.9 Å². The van der Waals surface area contributed by atoms with Crippen molar-refractivity contribution in [1.82, 2.24) is 4.90 Å². The molecule has 3 N–H and O–H groups in total. The first-order chi connectivity index (χ1) is 18.7. The van der Waals surface area contributed by atoms with Gasteiger partial charge in [0.2, 0.25) is 5.91 Å². The standard InChI is InChI=1S/C29H31N3O6S/c1-19-6-3-4-8-24(19)30-29(36)31-25-14-9-20(16-26(25)38-2)17-27(33)32-15-5-7-22(32)18-39(37)23-12-10-21(11-13-23)28(34)35/h3-4,6,8-14,16,22H,5,7,15,17-18H2,1-2H3,(H,34,35)(H2,30,31,36)/t22-,39?/m0/s1. The molecule has 0 bridgehead atoms. The van der Waals surface area contributed by atoms with Crippen LogP contribution in [0.1, 0.15) is 34.3 Å². The molecule has 1 fully saturated rings. The first kappa shape index (κ1) is 28.0.